The number of rotatable bonds is 3. The fourth-order valence-electron chi connectivity index (χ4n) is 2.57. The molecule has 3 nitrogen and oxygen atoms in total. The highest BCUT2D eigenvalue weighted by molar-refractivity contribution is 6.12. The molecule has 1 heterocycles. The van der Waals surface area contributed by atoms with Gasteiger partial charge in [-0.3, -0.25) is 0 Å². The zero-order valence-corrected chi connectivity index (χ0v) is 11.3. The first-order valence-electron chi connectivity index (χ1n) is 6.56. The lowest BCUT2D eigenvalue weighted by molar-refractivity contribution is 0.434. The van der Waals surface area contributed by atoms with Crippen LogP contribution in [0.25, 0.3) is 10.9 Å². The minimum Gasteiger partial charge on any atom is -0.494 e. The van der Waals surface area contributed by atoms with Gasteiger partial charge in [-0.2, -0.15) is 0 Å². The van der Waals surface area contributed by atoms with E-state index in [4.69, 9.17) is 5.41 Å². The number of benzene rings is 2. The molecule has 20 heavy (non-hydrogen) atoms. The van der Waals surface area contributed by atoms with Crippen LogP contribution >= 0.6 is 0 Å². The van der Waals surface area contributed by atoms with Crippen molar-refractivity contribution in [2.75, 3.05) is 0 Å². The molecule has 0 aliphatic rings. The normalized spacial score (nSPS) is 10.8. The molecular formula is C17H16N2O. The van der Waals surface area contributed by atoms with Gasteiger partial charge in [0.2, 0.25) is 5.88 Å². The predicted molar refractivity (Wildman–Crippen MR) is 81.6 cm³/mol. The largest absolute Gasteiger partial charge is 0.494 e. The first-order valence-corrected chi connectivity index (χ1v) is 6.56. The Morgan fingerprint density at radius 2 is 1.70 bits per heavy atom. The third-order valence-electron chi connectivity index (χ3n) is 3.60. The van der Waals surface area contributed by atoms with Gasteiger partial charge in [-0.05, 0) is 11.6 Å². The van der Waals surface area contributed by atoms with Crippen LogP contribution in [0.1, 0.15) is 11.1 Å². The molecule has 1 aromatic heterocycles. The molecule has 0 unspecified atom stereocenters. The number of fused-ring (bicyclic) bond motifs is 1. The molecule has 0 amide bonds. The van der Waals surface area contributed by atoms with E-state index in [1.54, 1.807) is 4.57 Å². The van der Waals surface area contributed by atoms with E-state index in [1.807, 2.05) is 61.6 Å². The fourth-order valence-corrected chi connectivity index (χ4v) is 2.57. The Kier molecular flexibility index (Phi) is 3.03. The lowest BCUT2D eigenvalue weighted by Crippen LogP contribution is -2.03. The topological polar surface area (TPSA) is 49.0 Å². The predicted octanol–water partition coefficient (Wildman–Crippen LogP) is 3.49. The van der Waals surface area contributed by atoms with Gasteiger partial charge in [0.1, 0.15) is 0 Å². The summed E-state index contributed by atoms with van der Waals surface area (Å²) in [6.07, 6.45) is 0.516. The van der Waals surface area contributed by atoms with Crippen molar-refractivity contribution < 1.29 is 5.11 Å². The van der Waals surface area contributed by atoms with Crippen LogP contribution in [0.2, 0.25) is 0 Å². The Hall–Kier alpha value is -2.55. The summed E-state index contributed by atoms with van der Waals surface area (Å²) in [5, 5.41) is 19.5. The second kappa shape index (κ2) is 4.85. The molecule has 100 valence electrons. The number of hydrogen-bond acceptors (Lipinski definition) is 2. The van der Waals surface area contributed by atoms with Crippen LogP contribution in [0.4, 0.5) is 0 Å². The van der Waals surface area contributed by atoms with Crippen molar-refractivity contribution in [2.45, 2.75) is 6.42 Å². The highest BCUT2D eigenvalue weighted by Crippen LogP contribution is 2.31. The van der Waals surface area contributed by atoms with Crippen LogP contribution in [0.3, 0.4) is 0 Å². The van der Waals surface area contributed by atoms with Crippen LogP contribution in [0, 0.1) is 5.41 Å². The van der Waals surface area contributed by atoms with Crippen LogP contribution in [-0.4, -0.2) is 15.4 Å². The molecule has 3 rings (SSSR count). The fraction of sp³-hybridized carbons (Fsp3) is 0.118. The highest BCUT2D eigenvalue weighted by Gasteiger charge is 2.17. The van der Waals surface area contributed by atoms with Crippen LogP contribution in [-0.2, 0) is 13.5 Å². The van der Waals surface area contributed by atoms with E-state index >= 15 is 0 Å². The summed E-state index contributed by atoms with van der Waals surface area (Å²) in [6, 6.07) is 17.7. The van der Waals surface area contributed by atoms with E-state index in [0.29, 0.717) is 17.7 Å². The zero-order chi connectivity index (χ0) is 14.1. The summed E-state index contributed by atoms with van der Waals surface area (Å²) in [4.78, 5) is 0. The Morgan fingerprint density at radius 3 is 2.45 bits per heavy atom. The number of hydrogen-bond donors (Lipinski definition) is 2. The van der Waals surface area contributed by atoms with Crippen molar-refractivity contribution in [3.8, 4) is 5.88 Å². The maximum Gasteiger partial charge on any atom is 0.201 e. The lowest BCUT2D eigenvalue weighted by Gasteiger charge is -2.04. The molecule has 0 radical (unpaired) electrons. The molecular weight excluding hydrogens is 248 g/mol. The van der Waals surface area contributed by atoms with E-state index < -0.39 is 0 Å². The third kappa shape index (κ3) is 1.97. The second-order valence-corrected chi connectivity index (χ2v) is 4.92. The summed E-state index contributed by atoms with van der Waals surface area (Å²) in [5.74, 6) is 0.159. The average Bonchev–Trinajstić information content (AvgIpc) is 2.72. The Morgan fingerprint density at radius 1 is 1.05 bits per heavy atom. The maximum absolute atomic E-state index is 10.3. The highest BCUT2D eigenvalue weighted by atomic mass is 16.3. The molecule has 0 atom stereocenters. The van der Waals surface area contributed by atoms with Gasteiger partial charge in [-0.25, -0.2) is 0 Å². The molecule has 0 spiro atoms. The van der Waals surface area contributed by atoms with E-state index in [-0.39, 0.29) is 5.88 Å². The van der Waals surface area contributed by atoms with E-state index in [9.17, 15) is 5.11 Å². The number of para-hydroxylation sites is 1. The SMILES string of the molecule is Cn1c(O)c(C(=N)Cc2ccccc2)c2ccccc21. The van der Waals surface area contributed by atoms with Gasteiger partial charge >= 0.3 is 0 Å². The van der Waals surface area contributed by atoms with Crippen molar-refractivity contribution in [1.82, 2.24) is 4.57 Å². The summed E-state index contributed by atoms with van der Waals surface area (Å²) < 4.78 is 1.73. The minimum absolute atomic E-state index is 0.159. The molecule has 0 bridgehead atoms. The van der Waals surface area contributed by atoms with Crippen LogP contribution in [0.15, 0.2) is 54.6 Å². The molecule has 0 aliphatic heterocycles. The molecule has 0 saturated carbocycles. The summed E-state index contributed by atoms with van der Waals surface area (Å²) in [5.41, 5.74) is 3.08. The van der Waals surface area contributed by atoms with Crippen molar-refractivity contribution in [2.24, 2.45) is 7.05 Å². The summed E-state index contributed by atoms with van der Waals surface area (Å²) in [6.45, 7) is 0. The Bertz CT molecular complexity index is 772. The number of aromatic hydroxyl groups is 1. The number of aromatic nitrogens is 1. The number of nitrogens with zero attached hydrogens (tertiary/aromatic N) is 1. The smallest absolute Gasteiger partial charge is 0.201 e. The maximum atomic E-state index is 10.3. The van der Waals surface area contributed by atoms with E-state index in [1.165, 1.54) is 0 Å². The Balaban J connectivity index is 2.06. The first kappa shape index (κ1) is 12.5. The average molecular weight is 264 g/mol. The molecule has 2 aromatic carbocycles. The minimum atomic E-state index is 0.159. The standard InChI is InChI=1S/C17H16N2O/c1-19-15-10-6-5-9-13(15)16(17(19)20)14(18)11-12-7-3-2-4-8-12/h2-10,18,20H,11H2,1H3. The second-order valence-electron chi connectivity index (χ2n) is 4.92. The van der Waals surface area contributed by atoms with Gasteiger partial charge in [0.25, 0.3) is 0 Å². The molecule has 0 saturated heterocycles. The van der Waals surface area contributed by atoms with Gasteiger partial charge in [0, 0.05) is 24.6 Å². The molecule has 2 N–H and O–H groups in total. The van der Waals surface area contributed by atoms with Crippen LogP contribution < -0.4 is 0 Å². The Labute approximate surface area is 117 Å². The first-order chi connectivity index (χ1) is 9.68. The van der Waals surface area contributed by atoms with E-state index in [2.05, 4.69) is 0 Å². The molecule has 0 fully saturated rings. The van der Waals surface area contributed by atoms with Gasteiger partial charge < -0.3 is 15.1 Å². The monoisotopic (exact) mass is 264 g/mol. The summed E-state index contributed by atoms with van der Waals surface area (Å²) in [7, 11) is 1.82. The summed E-state index contributed by atoms with van der Waals surface area (Å²) >= 11 is 0. The van der Waals surface area contributed by atoms with Crippen molar-refractivity contribution >= 4 is 16.6 Å². The molecule has 3 aromatic rings. The van der Waals surface area contributed by atoms with Gasteiger partial charge in [0.05, 0.1) is 11.1 Å². The zero-order valence-electron chi connectivity index (χ0n) is 11.3. The van der Waals surface area contributed by atoms with Crippen molar-refractivity contribution in [1.29, 1.82) is 5.41 Å². The molecule has 0 aliphatic carbocycles. The third-order valence-corrected chi connectivity index (χ3v) is 3.60. The van der Waals surface area contributed by atoms with Gasteiger partial charge in [0.15, 0.2) is 0 Å². The van der Waals surface area contributed by atoms with E-state index in [0.717, 1.165) is 16.5 Å². The number of nitrogens with one attached hydrogen (secondary N) is 1. The van der Waals surface area contributed by atoms with Crippen LogP contribution in [0.5, 0.6) is 5.88 Å². The van der Waals surface area contributed by atoms with Gasteiger partial charge in [-0.1, -0.05) is 48.5 Å². The van der Waals surface area contributed by atoms with Crippen molar-refractivity contribution in [3.05, 3.63) is 65.7 Å². The molecule has 3 heteroatoms. The van der Waals surface area contributed by atoms with Gasteiger partial charge in [-0.15, -0.1) is 0 Å². The van der Waals surface area contributed by atoms with Crippen molar-refractivity contribution in [3.63, 3.8) is 0 Å². The number of aryl methyl sites for hydroxylation is 1. The quantitative estimate of drug-likeness (QED) is 0.699. The lowest BCUT2D eigenvalue weighted by atomic mass is 10.0.